The molecule has 1 aromatic heterocycles. The largest absolute Gasteiger partial charge is 2.00 e. The summed E-state index contributed by atoms with van der Waals surface area (Å²) in [4.78, 5) is 26.4. The zero-order chi connectivity index (χ0) is 18.2. The van der Waals surface area contributed by atoms with Crippen LogP contribution in [0.3, 0.4) is 0 Å². The van der Waals surface area contributed by atoms with E-state index in [1.54, 1.807) is 0 Å². The summed E-state index contributed by atoms with van der Waals surface area (Å²) in [7, 11) is 0. The SMILES string of the molecule is CCCCCCCCCC(O)C(=O)[O-].O=C([O-])C=Cc1cnc[nH]1.[Mn+2]. The number of aliphatic hydroxyl groups excluding tert-OH is 1. The molecule has 0 amide bonds. The fourth-order valence-electron chi connectivity index (χ4n) is 1.93. The van der Waals surface area contributed by atoms with E-state index >= 15 is 0 Å². The minimum absolute atomic E-state index is 0. The monoisotopic (exact) mass is 393 g/mol. The van der Waals surface area contributed by atoms with E-state index in [4.69, 9.17) is 5.11 Å². The van der Waals surface area contributed by atoms with Gasteiger partial charge in [0.05, 0.1) is 36.3 Å². The first kappa shape index (κ1) is 25.6. The molecule has 0 bridgehead atoms. The van der Waals surface area contributed by atoms with E-state index in [9.17, 15) is 19.8 Å². The van der Waals surface area contributed by atoms with Crippen LogP contribution < -0.4 is 10.2 Å². The Morgan fingerprint density at radius 2 is 1.80 bits per heavy atom. The minimum atomic E-state index is -1.35. The number of hydrogen-bond donors (Lipinski definition) is 2. The first-order chi connectivity index (χ1) is 11.5. The van der Waals surface area contributed by atoms with Crippen LogP contribution in [0.25, 0.3) is 6.08 Å². The molecule has 1 heterocycles. The quantitative estimate of drug-likeness (QED) is 0.318. The van der Waals surface area contributed by atoms with Gasteiger partial charge in [-0.3, -0.25) is 0 Å². The van der Waals surface area contributed by atoms with Crippen LogP contribution in [0, 0.1) is 0 Å². The minimum Gasteiger partial charge on any atom is -0.547 e. The predicted molar refractivity (Wildman–Crippen MR) is 86.3 cm³/mol. The Kier molecular flexibility index (Phi) is 17.6. The molecule has 0 saturated heterocycles. The molecule has 1 aromatic rings. The van der Waals surface area contributed by atoms with E-state index in [1.165, 1.54) is 44.3 Å². The number of unbranched alkanes of at least 4 members (excludes halogenated alkanes) is 6. The van der Waals surface area contributed by atoms with Crippen LogP contribution in [0.15, 0.2) is 18.6 Å². The summed E-state index contributed by atoms with van der Waals surface area (Å²) in [5.41, 5.74) is 0.643. The van der Waals surface area contributed by atoms with Gasteiger partial charge in [0, 0.05) is 0 Å². The van der Waals surface area contributed by atoms with Gasteiger partial charge >= 0.3 is 17.1 Å². The molecule has 0 aromatic carbocycles. The Bertz CT molecular complexity index is 477. The molecule has 141 valence electrons. The van der Waals surface area contributed by atoms with Crippen LogP contribution in [0.4, 0.5) is 0 Å². The third-order valence-electron chi connectivity index (χ3n) is 3.27. The van der Waals surface area contributed by atoms with E-state index in [1.807, 2.05) is 0 Å². The number of carboxylic acids is 2. The van der Waals surface area contributed by atoms with Crippen molar-refractivity contribution < 1.29 is 42.0 Å². The van der Waals surface area contributed by atoms with Gasteiger partial charge in [-0.05, 0) is 18.6 Å². The van der Waals surface area contributed by atoms with E-state index < -0.39 is 18.0 Å². The molecule has 0 aliphatic carbocycles. The van der Waals surface area contributed by atoms with Gasteiger partial charge in [0.25, 0.3) is 0 Å². The van der Waals surface area contributed by atoms with Crippen LogP contribution in [-0.2, 0) is 26.7 Å². The van der Waals surface area contributed by atoms with Gasteiger partial charge in [0.15, 0.2) is 0 Å². The first-order valence-corrected chi connectivity index (χ1v) is 8.23. The van der Waals surface area contributed by atoms with Crippen molar-refractivity contribution in [1.82, 2.24) is 9.97 Å². The standard InChI is InChI=1S/C11H22O3.C6H6N2O2.Mn/c1-2-3-4-5-6-7-8-9-10(12)11(13)14;9-6(10)2-1-5-3-7-4-8-5;/h10,12H,2-9H2,1H3,(H,13,14);1-4H,(H,7,8)(H,9,10);/q;;+2/p-2. The fourth-order valence-corrected chi connectivity index (χ4v) is 1.93. The van der Waals surface area contributed by atoms with Crippen LogP contribution in [0.2, 0.25) is 0 Å². The Balaban J connectivity index is 0. The summed E-state index contributed by atoms with van der Waals surface area (Å²) in [5.74, 6) is -2.56. The molecule has 1 atom stereocenters. The van der Waals surface area contributed by atoms with Crippen molar-refractivity contribution in [2.24, 2.45) is 0 Å². The molecule has 2 N–H and O–H groups in total. The third-order valence-corrected chi connectivity index (χ3v) is 3.27. The fraction of sp³-hybridized carbons (Fsp3) is 0.588. The number of aliphatic hydroxyl groups is 1. The smallest absolute Gasteiger partial charge is 0.547 e. The molecule has 1 unspecified atom stereocenters. The van der Waals surface area contributed by atoms with Gasteiger partial charge in [0.2, 0.25) is 0 Å². The Hall–Kier alpha value is -1.63. The predicted octanol–water partition coefficient (Wildman–Crippen LogP) is 0.408. The maximum atomic E-state index is 10.1. The van der Waals surface area contributed by atoms with Crippen molar-refractivity contribution in [2.45, 2.75) is 64.4 Å². The van der Waals surface area contributed by atoms with Gasteiger partial charge in [-0.2, -0.15) is 0 Å². The average molecular weight is 393 g/mol. The summed E-state index contributed by atoms with van der Waals surface area (Å²) in [6, 6.07) is 0. The maximum absolute atomic E-state index is 10.1. The number of imidazole rings is 1. The number of carbonyl (C=O) groups is 2. The van der Waals surface area contributed by atoms with Crippen LogP contribution in [-0.4, -0.2) is 33.1 Å². The molecule has 1 radical (unpaired) electrons. The van der Waals surface area contributed by atoms with Gasteiger partial charge in [-0.1, -0.05) is 51.9 Å². The molecular weight excluding hydrogens is 367 g/mol. The number of carbonyl (C=O) groups excluding carboxylic acids is 2. The number of aromatic amines is 1. The van der Waals surface area contributed by atoms with Gasteiger partial charge in [-0.25, -0.2) is 4.98 Å². The second-order valence-corrected chi connectivity index (χ2v) is 5.40. The zero-order valence-corrected chi connectivity index (χ0v) is 15.6. The Labute approximate surface area is 159 Å². The molecule has 0 aliphatic rings. The van der Waals surface area contributed by atoms with Crippen molar-refractivity contribution in [3.63, 3.8) is 0 Å². The molecule has 0 fully saturated rings. The second-order valence-electron chi connectivity index (χ2n) is 5.40. The van der Waals surface area contributed by atoms with Crippen LogP contribution in [0.5, 0.6) is 0 Å². The van der Waals surface area contributed by atoms with Crippen molar-refractivity contribution in [2.75, 3.05) is 0 Å². The summed E-state index contributed by atoms with van der Waals surface area (Å²) >= 11 is 0. The molecule has 8 heteroatoms. The average Bonchev–Trinajstić information content (AvgIpc) is 3.06. The Morgan fingerprint density at radius 1 is 1.20 bits per heavy atom. The van der Waals surface area contributed by atoms with Crippen molar-refractivity contribution in [3.8, 4) is 0 Å². The van der Waals surface area contributed by atoms with Gasteiger partial charge < -0.3 is 29.9 Å². The maximum Gasteiger partial charge on any atom is 2.00 e. The number of hydrogen-bond acceptors (Lipinski definition) is 6. The van der Waals surface area contributed by atoms with Crippen molar-refractivity contribution in [3.05, 3.63) is 24.3 Å². The molecule has 0 saturated carbocycles. The summed E-state index contributed by atoms with van der Waals surface area (Å²) in [5, 5.41) is 28.9. The molecular formula is C17H26MnN2O5. The van der Waals surface area contributed by atoms with Gasteiger partial charge in [-0.15, -0.1) is 0 Å². The second kappa shape index (κ2) is 17.2. The van der Waals surface area contributed by atoms with E-state index in [2.05, 4.69) is 16.9 Å². The number of aliphatic carboxylic acids is 2. The Morgan fingerprint density at radius 3 is 2.28 bits per heavy atom. The number of carboxylic acid groups (broad SMARTS) is 2. The summed E-state index contributed by atoms with van der Waals surface area (Å²) < 4.78 is 0. The molecule has 7 nitrogen and oxygen atoms in total. The van der Waals surface area contributed by atoms with Crippen LogP contribution >= 0.6 is 0 Å². The summed E-state index contributed by atoms with van der Waals surface area (Å²) in [6.07, 6.45) is 12.3. The van der Waals surface area contributed by atoms with E-state index in [-0.39, 0.29) is 17.1 Å². The zero-order valence-electron chi connectivity index (χ0n) is 14.4. The number of nitrogens with zero attached hydrogens (tertiary/aromatic N) is 1. The van der Waals surface area contributed by atoms with Crippen molar-refractivity contribution in [1.29, 1.82) is 0 Å². The normalized spacial score (nSPS) is 11.3. The molecule has 25 heavy (non-hydrogen) atoms. The van der Waals surface area contributed by atoms with Crippen LogP contribution in [0.1, 0.15) is 64.0 Å². The number of aromatic nitrogens is 2. The number of rotatable bonds is 11. The number of nitrogens with one attached hydrogen (secondary N) is 1. The van der Waals surface area contributed by atoms with E-state index in [0.717, 1.165) is 25.3 Å². The van der Waals surface area contributed by atoms with Gasteiger partial charge in [0.1, 0.15) is 0 Å². The first-order valence-electron chi connectivity index (χ1n) is 8.23. The molecule has 1 rings (SSSR count). The third kappa shape index (κ3) is 17.0. The molecule has 0 spiro atoms. The van der Waals surface area contributed by atoms with Crippen molar-refractivity contribution >= 4 is 18.0 Å². The van der Waals surface area contributed by atoms with E-state index in [0.29, 0.717) is 12.1 Å². The number of H-pyrrole nitrogens is 1. The molecule has 0 aliphatic heterocycles. The topological polar surface area (TPSA) is 129 Å². The summed E-state index contributed by atoms with van der Waals surface area (Å²) in [6.45, 7) is 2.18.